The first kappa shape index (κ1) is 32.7. The third-order valence-electron chi connectivity index (χ3n) is 7.38. The highest BCUT2D eigenvalue weighted by Gasteiger charge is 2.34. The summed E-state index contributed by atoms with van der Waals surface area (Å²) in [5.74, 6) is -0.141. The Kier molecular flexibility index (Phi) is 11.2. The highest BCUT2D eigenvalue weighted by Crippen LogP contribution is 2.29. The second-order valence-corrected chi connectivity index (χ2v) is 12.6. The normalized spacial score (nSPS) is 12.7. The van der Waals surface area contributed by atoms with E-state index >= 15 is 0 Å². The van der Waals surface area contributed by atoms with E-state index in [9.17, 15) is 18.0 Å². The van der Waals surface area contributed by atoms with E-state index in [1.54, 1.807) is 43.5 Å². The second-order valence-electron chi connectivity index (χ2n) is 10.7. The molecule has 0 heterocycles. The van der Waals surface area contributed by atoms with Gasteiger partial charge in [0.05, 0.1) is 17.7 Å². The number of amides is 2. The van der Waals surface area contributed by atoms with Gasteiger partial charge in [-0.3, -0.25) is 13.9 Å². The lowest BCUT2D eigenvalue weighted by molar-refractivity contribution is -0.140. The molecule has 0 unspecified atom stereocenters. The van der Waals surface area contributed by atoms with Crippen molar-refractivity contribution < 1.29 is 22.7 Å². The van der Waals surface area contributed by atoms with Gasteiger partial charge < -0.3 is 15.0 Å². The lowest BCUT2D eigenvalue weighted by atomic mass is 10.1. The molecule has 0 spiro atoms. The average Bonchev–Trinajstić information content (AvgIpc) is 2.96. The van der Waals surface area contributed by atoms with Crippen LogP contribution in [0.3, 0.4) is 0 Å². The summed E-state index contributed by atoms with van der Waals surface area (Å²) in [6.07, 6.45) is 1.09. The smallest absolute Gasteiger partial charge is 0.264 e. The zero-order valence-electron chi connectivity index (χ0n) is 25.7. The van der Waals surface area contributed by atoms with Gasteiger partial charge in [0, 0.05) is 12.6 Å². The highest BCUT2D eigenvalue weighted by molar-refractivity contribution is 7.92. The molecule has 0 aliphatic carbocycles. The number of methoxy groups -OCH3 is 1. The van der Waals surface area contributed by atoms with Crippen LogP contribution in [0.15, 0.2) is 71.6 Å². The Morgan fingerprint density at radius 3 is 2.17 bits per heavy atom. The fraction of sp³-hybridized carbons (Fsp3) is 0.394. The van der Waals surface area contributed by atoms with Crippen LogP contribution in [-0.4, -0.2) is 50.9 Å². The van der Waals surface area contributed by atoms with Gasteiger partial charge >= 0.3 is 0 Å². The molecule has 0 aliphatic heterocycles. The summed E-state index contributed by atoms with van der Waals surface area (Å²) in [5, 5.41) is 3.00. The number of nitrogens with zero attached hydrogens (tertiary/aromatic N) is 2. The van der Waals surface area contributed by atoms with Crippen molar-refractivity contribution in [2.45, 2.75) is 77.9 Å². The number of nitrogens with one attached hydrogen (secondary N) is 1. The number of sulfonamides is 1. The first-order chi connectivity index (χ1) is 19.9. The van der Waals surface area contributed by atoms with E-state index in [1.807, 2.05) is 71.9 Å². The van der Waals surface area contributed by atoms with Crippen LogP contribution in [0.4, 0.5) is 5.69 Å². The minimum atomic E-state index is -4.13. The van der Waals surface area contributed by atoms with Gasteiger partial charge in [0.15, 0.2) is 0 Å². The summed E-state index contributed by atoms with van der Waals surface area (Å²) in [6.45, 7) is 11.0. The molecule has 0 saturated heterocycles. The lowest BCUT2D eigenvalue weighted by Crippen LogP contribution is -2.53. The molecule has 0 aromatic heterocycles. The summed E-state index contributed by atoms with van der Waals surface area (Å²) in [4.78, 5) is 29.3. The maximum absolute atomic E-state index is 14.3. The largest absolute Gasteiger partial charge is 0.497 e. The van der Waals surface area contributed by atoms with Crippen molar-refractivity contribution in [1.82, 2.24) is 10.2 Å². The quantitative estimate of drug-likeness (QED) is 0.281. The number of ether oxygens (including phenoxy) is 1. The molecule has 0 aliphatic rings. The van der Waals surface area contributed by atoms with Crippen molar-refractivity contribution in [3.05, 3.63) is 89.0 Å². The molecule has 3 aromatic rings. The van der Waals surface area contributed by atoms with Crippen molar-refractivity contribution in [1.29, 1.82) is 0 Å². The Hall–Kier alpha value is -3.85. The molecule has 3 aromatic carbocycles. The number of hydrogen-bond donors (Lipinski definition) is 1. The molecule has 9 heteroatoms. The van der Waals surface area contributed by atoms with Crippen LogP contribution in [0.1, 0.15) is 55.9 Å². The zero-order chi connectivity index (χ0) is 31.0. The predicted octanol–water partition coefficient (Wildman–Crippen LogP) is 5.54. The summed E-state index contributed by atoms with van der Waals surface area (Å²) in [7, 11) is -2.57. The molecular weight excluding hydrogens is 550 g/mol. The molecule has 0 fully saturated rings. The van der Waals surface area contributed by atoms with Crippen molar-refractivity contribution in [2.75, 3.05) is 18.0 Å². The van der Waals surface area contributed by atoms with Crippen molar-refractivity contribution in [3.63, 3.8) is 0 Å². The highest BCUT2D eigenvalue weighted by atomic mass is 32.2. The first-order valence-corrected chi connectivity index (χ1v) is 15.7. The topological polar surface area (TPSA) is 96.0 Å². The SMILES string of the molecule is CC[C@@H](C)NC(=O)[C@@H](CC)N(Cc1cccc(OC)c1)C(=O)CN(c1ccc(C)cc1C)S(=O)(=O)c1ccc(C)cc1. The van der Waals surface area contributed by atoms with Gasteiger partial charge in [-0.05, 0) is 82.0 Å². The Morgan fingerprint density at radius 1 is 0.905 bits per heavy atom. The van der Waals surface area contributed by atoms with E-state index in [-0.39, 0.29) is 23.4 Å². The monoisotopic (exact) mass is 593 g/mol. The molecular formula is C33H43N3O5S. The van der Waals surface area contributed by atoms with Gasteiger partial charge in [0.1, 0.15) is 18.3 Å². The number of carbonyl (C=O) groups is 2. The van der Waals surface area contributed by atoms with Gasteiger partial charge in [-0.1, -0.05) is 61.4 Å². The lowest BCUT2D eigenvalue weighted by Gasteiger charge is -2.34. The number of anilines is 1. The fourth-order valence-electron chi connectivity index (χ4n) is 4.76. The van der Waals surface area contributed by atoms with Gasteiger partial charge in [-0.2, -0.15) is 0 Å². The Labute approximate surface area is 250 Å². The number of rotatable bonds is 13. The maximum atomic E-state index is 14.3. The van der Waals surface area contributed by atoms with Crippen LogP contribution in [0.5, 0.6) is 5.75 Å². The van der Waals surface area contributed by atoms with E-state index in [1.165, 1.54) is 4.90 Å². The molecule has 8 nitrogen and oxygen atoms in total. The van der Waals surface area contributed by atoms with Crippen molar-refractivity contribution in [3.8, 4) is 5.75 Å². The average molecular weight is 594 g/mol. The van der Waals surface area contributed by atoms with E-state index < -0.39 is 28.5 Å². The van der Waals surface area contributed by atoms with Crippen molar-refractivity contribution >= 4 is 27.5 Å². The number of benzene rings is 3. The Balaban J connectivity index is 2.10. The van der Waals surface area contributed by atoms with Crippen molar-refractivity contribution in [2.24, 2.45) is 0 Å². The van der Waals surface area contributed by atoms with Gasteiger partial charge in [0.25, 0.3) is 10.0 Å². The molecule has 42 heavy (non-hydrogen) atoms. The van der Waals surface area contributed by atoms with Crippen LogP contribution in [0.25, 0.3) is 0 Å². The number of hydrogen-bond acceptors (Lipinski definition) is 5. The molecule has 0 radical (unpaired) electrons. The molecule has 2 atom stereocenters. The molecule has 0 bridgehead atoms. The fourth-order valence-corrected chi connectivity index (χ4v) is 6.24. The first-order valence-electron chi connectivity index (χ1n) is 14.3. The predicted molar refractivity (Wildman–Crippen MR) is 167 cm³/mol. The van der Waals surface area contributed by atoms with Crippen LogP contribution >= 0.6 is 0 Å². The minimum Gasteiger partial charge on any atom is -0.497 e. The Bertz CT molecular complexity index is 1490. The van der Waals surface area contributed by atoms with E-state index in [0.717, 1.165) is 33.0 Å². The van der Waals surface area contributed by atoms with Gasteiger partial charge in [-0.15, -0.1) is 0 Å². The van der Waals surface area contributed by atoms with Crippen LogP contribution in [-0.2, 0) is 26.2 Å². The van der Waals surface area contributed by atoms with Gasteiger partial charge in [0.2, 0.25) is 11.8 Å². The third-order valence-corrected chi connectivity index (χ3v) is 9.16. The standard InChI is InChI=1S/C33H43N3O5S/c1-8-26(6)34-33(38)30(9-2)35(21-27-11-10-12-28(20-27)41-7)32(37)22-36(31-18-15-24(4)19-25(31)5)42(39,40)29-16-13-23(3)14-17-29/h10-20,26,30H,8-9,21-22H2,1-7H3,(H,34,38)/t26-,30-/m1/s1. The summed E-state index contributed by atoms with van der Waals surface area (Å²) in [6, 6.07) is 18.4. The third kappa shape index (κ3) is 7.91. The molecule has 226 valence electrons. The minimum absolute atomic E-state index is 0.0751. The summed E-state index contributed by atoms with van der Waals surface area (Å²) >= 11 is 0. The van der Waals surface area contributed by atoms with E-state index in [2.05, 4.69) is 5.32 Å². The molecule has 3 rings (SSSR count). The Morgan fingerprint density at radius 2 is 1.57 bits per heavy atom. The van der Waals surface area contributed by atoms with Gasteiger partial charge in [-0.25, -0.2) is 8.42 Å². The maximum Gasteiger partial charge on any atom is 0.264 e. The van der Waals surface area contributed by atoms with Crippen LogP contribution < -0.4 is 14.4 Å². The van der Waals surface area contributed by atoms with E-state index in [4.69, 9.17) is 4.74 Å². The number of carbonyl (C=O) groups excluding carboxylic acids is 2. The molecule has 0 saturated carbocycles. The van der Waals surface area contributed by atoms with Crippen LogP contribution in [0, 0.1) is 20.8 Å². The van der Waals surface area contributed by atoms with Crippen LogP contribution in [0.2, 0.25) is 0 Å². The summed E-state index contributed by atoms with van der Waals surface area (Å²) < 4.78 is 34.7. The molecule has 2 amide bonds. The molecule has 1 N–H and O–H groups in total. The van der Waals surface area contributed by atoms with E-state index in [0.29, 0.717) is 17.9 Å². The second kappa shape index (κ2) is 14.4. The zero-order valence-corrected chi connectivity index (χ0v) is 26.5. The summed E-state index contributed by atoms with van der Waals surface area (Å²) in [5.41, 5.74) is 3.79. The number of aryl methyl sites for hydroxylation is 3.